The highest BCUT2D eigenvalue weighted by molar-refractivity contribution is 5.68. The van der Waals surface area contributed by atoms with Crippen LogP contribution >= 0.6 is 0 Å². The summed E-state index contributed by atoms with van der Waals surface area (Å²) in [7, 11) is 1.94. The maximum absolute atomic E-state index is 11.4. The van der Waals surface area contributed by atoms with Crippen molar-refractivity contribution < 1.29 is 4.92 Å². The fraction of sp³-hybridized carbons (Fsp3) is 0.412. The molecule has 2 heterocycles. The van der Waals surface area contributed by atoms with Gasteiger partial charge in [0.2, 0.25) is 0 Å². The van der Waals surface area contributed by atoms with Crippen molar-refractivity contribution in [1.82, 2.24) is 10.2 Å². The molecule has 1 atom stereocenters. The maximum atomic E-state index is 11.4. The van der Waals surface area contributed by atoms with Crippen molar-refractivity contribution in [3.8, 4) is 0 Å². The number of hydrogen-bond donors (Lipinski definition) is 0. The number of aromatic nitrogens is 2. The van der Waals surface area contributed by atoms with Crippen LogP contribution in [0.15, 0.2) is 36.5 Å². The van der Waals surface area contributed by atoms with Gasteiger partial charge in [-0.25, -0.2) is 0 Å². The lowest BCUT2D eigenvalue weighted by molar-refractivity contribution is -0.384. The van der Waals surface area contributed by atoms with Gasteiger partial charge >= 0.3 is 0 Å². The molecular weight excluding hydrogens is 306 g/mol. The topological polar surface area (TPSA) is 75.4 Å². The van der Waals surface area contributed by atoms with E-state index in [-0.39, 0.29) is 16.7 Å². The number of rotatable bonds is 4. The molecule has 1 unspecified atom stereocenters. The summed E-state index contributed by atoms with van der Waals surface area (Å²) >= 11 is 0. The van der Waals surface area contributed by atoms with Crippen molar-refractivity contribution >= 4 is 17.2 Å². The molecular formula is C17H21N5O2. The van der Waals surface area contributed by atoms with Gasteiger partial charge in [0.1, 0.15) is 5.69 Å². The highest BCUT2D eigenvalue weighted by atomic mass is 16.6. The highest BCUT2D eigenvalue weighted by Crippen LogP contribution is 2.34. The van der Waals surface area contributed by atoms with Gasteiger partial charge in [-0.2, -0.15) is 5.10 Å². The minimum Gasteiger partial charge on any atom is -0.364 e. The average Bonchev–Trinajstić information content (AvgIpc) is 2.61. The normalized spacial score (nSPS) is 17.6. The Hall–Kier alpha value is -2.70. The van der Waals surface area contributed by atoms with Gasteiger partial charge in [0, 0.05) is 38.4 Å². The first-order chi connectivity index (χ1) is 11.6. The molecule has 7 heteroatoms. The molecule has 1 aliphatic rings. The van der Waals surface area contributed by atoms with E-state index in [1.165, 1.54) is 0 Å². The van der Waals surface area contributed by atoms with E-state index in [1.54, 1.807) is 18.3 Å². The SMILES string of the molecule is Cc1cccc([N+](=O)[O-])c1N(C)C1CCCN(c2cccnn2)C1. The van der Waals surface area contributed by atoms with Crippen LogP contribution < -0.4 is 9.80 Å². The number of benzene rings is 1. The summed E-state index contributed by atoms with van der Waals surface area (Å²) in [5.41, 5.74) is 1.78. The van der Waals surface area contributed by atoms with E-state index in [4.69, 9.17) is 0 Å². The van der Waals surface area contributed by atoms with Crippen LogP contribution in [0.4, 0.5) is 17.2 Å². The van der Waals surface area contributed by atoms with Crippen molar-refractivity contribution in [3.05, 3.63) is 52.2 Å². The Kier molecular flexibility index (Phi) is 4.59. The number of aryl methyl sites for hydroxylation is 1. The van der Waals surface area contributed by atoms with E-state index in [0.717, 1.165) is 37.3 Å². The van der Waals surface area contributed by atoms with Crippen LogP contribution in [0.2, 0.25) is 0 Å². The predicted octanol–water partition coefficient (Wildman–Crippen LogP) is 2.80. The number of para-hydroxylation sites is 1. The Balaban J connectivity index is 1.85. The summed E-state index contributed by atoms with van der Waals surface area (Å²) in [4.78, 5) is 15.3. The summed E-state index contributed by atoms with van der Waals surface area (Å²) in [5.74, 6) is 0.856. The molecule has 0 spiro atoms. The van der Waals surface area contributed by atoms with E-state index in [0.29, 0.717) is 5.69 Å². The third-order valence-electron chi connectivity index (χ3n) is 4.59. The molecule has 0 amide bonds. The van der Waals surface area contributed by atoms with E-state index in [1.807, 2.05) is 32.2 Å². The lowest BCUT2D eigenvalue weighted by Gasteiger charge is -2.39. The molecule has 7 nitrogen and oxygen atoms in total. The standard InChI is InChI=1S/C17H21N5O2/c1-13-6-3-8-15(22(23)24)17(13)20(2)14-7-5-11-21(12-14)16-9-4-10-18-19-16/h3-4,6,8-10,14H,5,7,11-12H2,1-2H3. The van der Waals surface area contributed by atoms with Crippen molar-refractivity contribution in [3.63, 3.8) is 0 Å². The van der Waals surface area contributed by atoms with Crippen LogP contribution in [0.3, 0.4) is 0 Å². The average molecular weight is 327 g/mol. The molecule has 1 aromatic carbocycles. The maximum Gasteiger partial charge on any atom is 0.292 e. The highest BCUT2D eigenvalue weighted by Gasteiger charge is 2.28. The molecule has 3 rings (SSSR count). The lowest BCUT2D eigenvalue weighted by Crippen LogP contribution is -2.47. The molecule has 1 fully saturated rings. The van der Waals surface area contributed by atoms with Crippen LogP contribution in [-0.2, 0) is 0 Å². The second-order valence-corrected chi connectivity index (χ2v) is 6.13. The lowest BCUT2D eigenvalue weighted by atomic mass is 10.0. The molecule has 2 aromatic rings. The number of piperidine rings is 1. The Bertz CT molecular complexity index is 722. The molecule has 0 aliphatic carbocycles. The Morgan fingerprint density at radius 2 is 2.17 bits per heavy atom. The number of nitrogens with zero attached hydrogens (tertiary/aromatic N) is 5. The van der Waals surface area contributed by atoms with Gasteiger partial charge in [-0.3, -0.25) is 10.1 Å². The van der Waals surface area contributed by atoms with Gasteiger partial charge in [0.15, 0.2) is 5.82 Å². The van der Waals surface area contributed by atoms with Gasteiger partial charge in [0.25, 0.3) is 5.69 Å². The minimum absolute atomic E-state index is 0.161. The molecule has 0 bridgehead atoms. The predicted molar refractivity (Wildman–Crippen MR) is 93.5 cm³/mol. The first kappa shape index (κ1) is 16.2. The summed E-state index contributed by atoms with van der Waals surface area (Å²) in [6.45, 7) is 3.63. The van der Waals surface area contributed by atoms with E-state index in [9.17, 15) is 10.1 Å². The number of nitro groups is 1. The zero-order valence-electron chi connectivity index (χ0n) is 13.9. The monoisotopic (exact) mass is 327 g/mol. The molecule has 0 saturated carbocycles. The van der Waals surface area contributed by atoms with Gasteiger partial charge in [-0.15, -0.1) is 5.10 Å². The molecule has 0 N–H and O–H groups in total. The van der Waals surface area contributed by atoms with E-state index < -0.39 is 0 Å². The third kappa shape index (κ3) is 3.15. The second kappa shape index (κ2) is 6.82. The van der Waals surface area contributed by atoms with Crippen LogP contribution in [-0.4, -0.2) is 41.3 Å². The molecule has 126 valence electrons. The smallest absolute Gasteiger partial charge is 0.292 e. The fourth-order valence-corrected chi connectivity index (χ4v) is 3.37. The van der Waals surface area contributed by atoms with Crippen LogP contribution in [0.25, 0.3) is 0 Å². The minimum atomic E-state index is -0.303. The number of anilines is 2. The van der Waals surface area contributed by atoms with E-state index >= 15 is 0 Å². The molecule has 24 heavy (non-hydrogen) atoms. The van der Waals surface area contributed by atoms with Gasteiger partial charge in [-0.1, -0.05) is 12.1 Å². The van der Waals surface area contributed by atoms with Gasteiger partial charge in [-0.05, 0) is 37.5 Å². The summed E-state index contributed by atoms with van der Waals surface area (Å²) < 4.78 is 0. The zero-order valence-corrected chi connectivity index (χ0v) is 13.9. The number of hydrogen-bond acceptors (Lipinski definition) is 6. The number of nitro benzene ring substituents is 1. The quantitative estimate of drug-likeness (QED) is 0.635. The summed E-state index contributed by atoms with van der Waals surface area (Å²) in [6, 6.07) is 9.25. The fourth-order valence-electron chi connectivity index (χ4n) is 3.37. The van der Waals surface area contributed by atoms with E-state index in [2.05, 4.69) is 20.0 Å². The first-order valence-corrected chi connectivity index (χ1v) is 8.07. The summed E-state index contributed by atoms with van der Waals surface area (Å²) in [6.07, 6.45) is 3.68. The van der Waals surface area contributed by atoms with Crippen LogP contribution in [0.5, 0.6) is 0 Å². The molecule has 1 aromatic heterocycles. The molecule has 0 radical (unpaired) electrons. The molecule has 1 saturated heterocycles. The third-order valence-corrected chi connectivity index (χ3v) is 4.59. The van der Waals surface area contributed by atoms with Crippen molar-refractivity contribution in [2.75, 3.05) is 29.9 Å². The van der Waals surface area contributed by atoms with Crippen LogP contribution in [0, 0.1) is 17.0 Å². The zero-order chi connectivity index (χ0) is 17.1. The first-order valence-electron chi connectivity index (χ1n) is 8.07. The van der Waals surface area contributed by atoms with Gasteiger partial charge in [0.05, 0.1) is 4.92 Å². The Morgan fingerprint density at radius 1 is 1.33 bits per heavy atom. The largest absolute Gasteiger partial charge is 0.364 e. The van der Waals surface area contributed by atoms with Crippen LogP contribution in [0.1, 0.15) is 18.4 Å². The molecule has 1 aliphatic heterocycles. The van der Waals surface area contributed by atoms with Crippen molar-refractivity contribution in [1.29, 1.82) is 0 Å². The Morgan fingerprint density at radius 3 is 2.88 bits per heavy atom. The Labute approximate surface area is 141 Å². The van der Waals surface area contributed by atoms with Gasteiger partial charge < -0.3 is 9.80 Å². The van der Waals surface area contributed by atoms with Crippen molar-refractivity contribution in [2.45, 2.75) is 25.8 Å². The number of likely N-dealkylation sites (N-methyl/N-ethyl adjacent to an activating group) is 1. The second-order valence-electron chi connectivity index (χ2n) is 6.13. The van der Waals surface area contributed by atoms with Crippen molar-refractivity contribution in [2.24, 2.45) is 0 Å². The summed E-state index contributed by atoms with van der Waals surface area (Å²) in [5, 5.41) is 19.5.